The van der Waals surface area contributed by atoms with Crippen LogP contribution in [-0.4, -0.2) is 18.6 Å². The van der Waals surface area contributed by atoms with E-state index in [1.165, 1.54) is 6.07 Å². The van der Waals surface area contributed by atoms with Gasteiger partial charge in [-0.1, -0.05) is 30.3 Å². The summed E-state index contributed by atoms with van der Waals surface area (Å²) in [5.74, 6) is -0.462. The second kappa shape index (κ2) is 5.46. The molecule has 3 rings (SSSR count). The fourth-order valence-electron chi connectivity index (χ4n) is 2.43. The van der Waals surface area contributed by atoms with Gasteiger partial charge >= 0.3 is 32.7 Å². The quantitative estimate of drug-likeness (QED) is 0.740. The molecule has 2 N–H and O–H groups in total. The molecule has 0 saturated carbocycles. The van der Waals surface area contributed by atoms with Crippen molar-refractivity contribution in [1.82, 2.24) is 0 Å². The minimum atomic E-state index is -0.257. The van der Waals surface area contributed by atoms with Crippen molar-refractivity contribution in [2.75, 3.05) is 12.4 Å². The third-order valence-corrected chi connectivity index (χ3v) is 3.35. The average molecular weight is 340 g/mol. The Morgan fingerprint density at radius 2 is 1.45 bits per heavy atom. The van der Waals surface area contributed by atoms with Gasteiger partial charge in [-0.15, -0.1) is 5.69 Å². The first-order valence-corrected chi connectivity index (χ1v) is 5.90. The van der Waals surface area contributed by atoms with Gasteiger partial charge in [-0.25, -0.2) is 0 Å². The van der Waals surface area contributed by atoms with Crippen LogP contribution in [0.1, 0.15) is 31.8 Å². The summed E-state index contributed by atoms with van der Waals surface area (Å²) < 4.78 is 0. The van der Waals surface area contributed by atoms with Crippen molar-refractivity contribution in [2.24, 2.45) is 0 Å². The fraction of sp³-hybridized carbons (Fsp3) is 0.0667. The van der Waals surface area contributed by atoms with Gasteiger partial charge in [0.05, 0.1) is 5.56 Å². The summed E-state index contributed by atoms with van der Waals surface area (Å²) in [6.07, 6.45) is 0. The number of rotatable bonds is 1. The molecule has 1 aliphatic rings. The molecule has 0 heterocycles. The zero-order valence-electron chi connectivity index (χ0n) is 10.9. The van der Waals surface area contributed by atoms with E-state index in [0.717, 1.165) is 0 Å². The van der Waals surface area contributed by atoms with Crippen LogP contribution in [0, 0.1) is 0 Å². The van der Waals surface area contributed by atoms with Gasteiger partial charge in [-0.2, -0.15) is 0 Å². The summed E-state index contributed by atoms with van der Waals surface area (Å²) in [7, 11) is 1.69. The van der Waals surface area contributed by atoms with E-state index in [-0.39, 0.29) is 55.5 Å². The first-order chi connectivity index (χ1) is 9.15. The molecule has 2 aromatic rings. The minimum Gasteiger partial charge on any atom is -0.698 e. The van der Waals surface area contributed by atoms with Gasteiger partial charge in [-0.3, -0.25) is 9.59 Å². The second-order valence-corrected chi connectivity index (χ2v) is 4.36. The van der Waals surface area contributed by atoms with Gasteiger partial charge in [-0.05, 0) is 6.07 Å². The van der Waals surface area contributed by atoms with Crippen LogP contribution in [0.25, 0.3) is 5.73 Å². The molecular weight excluding hydrogens is 329 g/mol. The molecule has 20 heavy (non-hydrogen) atoms. The Morgan fingerprint density at radius 3 is 2.00 bits per heavy atom. The Hall–Kier alpha value is -1.52. The number of anilines is 1. The van der Waals surface area contributed by atoms with Crippen molar-refractivity contribution < 1.29 is 42.3 Å². The topological polar surface area (TPSA) is 70.0 Å². The third-order valence-electron chi connectivity index (χ3n) is 3.35. The molecule has 0 spiro atoms. The van der Waals surface area contributed by atoms with Crippen LogP contribution in [0.2, 0.25) is 0 Å². The number of carbonyl (C=O) groups is 2. The van der Waals surface area contributed by atoms with Gasteiger partial charge < -0.3 is 11.1 Å². The third kappa shape index (κ3) is 2.00. The van der Waals surface area contributed by atoms with Crippen LogP contribution < -0.4 is 5.32 Å². The predicted molar refractivity (Wildman–Crippen MR) is 73.3 cm³/mol. The Labute approximate surface area is 141 Å². The van der Waals surface area contributed by atoms with Gasteiger partial charge in [0, 0.05) is 29.4 Å². The molecular formula is C15H11N2O2Y+2. The number of hydrogen-bond donors (Lipinski definition) is 1. The molecule has 0 aromatic heterocycles. The SMILES string of the molecule is CNc1ccc([NH-])c2c1C(=O)c1ccccc1C2=O.[Y+3]. The van der Waals surface area contributed by atoms with E-state index in [1.807, 2.05) is 0 Å². The van der Waals surface area contributed by atoms with Gasteiger partial charge in [0.15, 0.2) is 11.6 Å². The number of ketones is 2. The summed E-state index contributed by atoms with van der Waals surface area (Å²) >= 11 is 0. The summed E-state index contributed by atoms with van der Waals surface area (Å²) in [5, 5.41) is 2.91. The van der Waals surface area contributed by atoms with Crippen molar-refractivity contribution >= 4 is 22.9 Å². The number of benzene rings is 2. The maximum absolute atomic E-state index is 12.5. The van der Waals surface area contributed by atoms with E-state index in [1.54, 1.807) is 37.4 Å². The fourth-order valence-corrected chi connectivity index (χ4v) is 2.43. The van der Waals surface area contributed by atoms with Crippen LogP contribution in [0.3, 0.4) is 0 Å². The van der Waals surface area contributed by atoms with Crippen LogP contribution in [-0.2, 0) is 32.7 Å². The first kappa shape index (κ1) is 14.9. The molecule has 0 amide bonds. The van der Waals surface area contributed by atoms with E-state index < -0.39 is 0 Å². The molecule has 4 nitrogen and oxygen atoms in total. The van der Waals surface area contributed by atoms with Crippen molar-refractivity contribution in [3.8, 4) is 0 Å². The molecule has 0 saturated heterocycles. The van der Waals surface area contributed by atoms with E-state index in [2.05, 4.69) is 5.32 Å². The molecule has 94 valence electrons. The molecule has 5 heteroatoms. The predicted octanol–water partition coefficient (Wildman–Crippen LogP) is 3.18. The van der Waals surface area contributed by atoms with Gasteiger partial charge in [0.1, 0.15) is 0 Å². The Kier molecular flexibility index (Phi) is 4.07. The Bertz CT molecular complexity index is 726. The summed E-state index contributed by atoms with van der Waals surface area (Å²) in [6.45, 7) is 0. The smallest absolute Gasteiger partial charge is 0.698 e. The maximum atomic E-state index is 12.5. The van der Waals surface area contributed by atoms with Crippen molar-refractivity contribution in [3.05, 3.63) is 64.4 Å². The number of fused-ring (bicyclic) bond motifs is 2. The summed E-state index contributed by atoms with van der Waals surface area (Å²) in [6, 6.07) is 9.92. The Balaban J connectivity index is 0.00000147. The van der Waals surface area contributed by atoms with Crippen molar-refractivity contribution in [3.63, 3.8) is 0 Å². The van der Waals surface area contributed by atoms with Crippen LogP contribution >= 0.6 is 0 Å². The molecule has 0 fully saturated rings. The first-order valence-electron chi connectivity index (χ1n) is 5.90. The van der Waals surface area contributed by atoms with Crippen LogP contribution in [0.4, 0.5) is 11.4 Å². The maximum Gasteiger partial charge on any atom is 3.00 e. The Morgan fingerprint density at radius 1 is 0.900 bits per heavy atom. The molecule has 0 atom stereocenters. The van der Waals surface area contributed by atoms with Crippen LogP contribution in [0.5, 0.6) is 0 Å². The number of nitrogens with one attached hydrogen (secondary N) is 2. The average Bonchev–Trinajstić information content (AvgIpc) is 2.44. The van der Waals surface area contributed by atoms with E-state index >= 15 is 0 Å². The zero-order valence-corrected chi connectivity index (χ0v) is 13.7. The largest absolute Gasteiger partial charge is 3.00 e. The molecule has 1 aliphatic carbocycles. The van der Waals surface area contributed by atoms with E-state index in [4.69, 9.17) is 5.73 Å². The summed E-state index contributed by atoms with van der Waals surface area (Å²) in [4.78, 5) is 25.0. The van der Waals surface area contributed by atoms with Crippen LogP contribution in [0.15, 0.2) is 36.4 Å². The monoisotopic (exact) mass is 340 g/mol. The van der Waals surface area contributed by atoms with E-state index in [0.29, 0.717) is 22.4 Å². The van der Waals surface area contributed by atoms with E-state index in [9.17, 15) is 9.59 Å². The molecule has 0 radical (unpaired) electrons. The second-order valence-electron chi connectivity index (χ2n) is 4.36. The van der Waals surface area contributed by atoms with Gasteiger partial charge in [0.25, 0.3) is 0 Å². The molecule has 0 bridgehead atoms. The molecule has 0 aliphatic heterocycles. The minimum absolute atomic E-state index is 0. The van der Waals surface area contributed by atoms with Crippen molar-refractivity contribution in [1.29, 1.82) is 0 Å². The molecule has 0 unspecified atom stereocenters. The van der Waals surface area contributed by atoms with Gasteiger partial charge in [0.2, 0.25) is 0 Å². The standard InChI is InChI=1S/C15H12N2O2.Y/c1-17-11-7-6-10(16)12-13(11)15(19)9-5-3-2-4-8(9)14(12)18;/h2-7H,1H3,(H3,16,17,18,19);/q;+3/p-1. The number of carbonyl (C=O) groups excluding carboxylic acids is 2. The summed E-state index contributed by atoms with van der Waals surface area (Å²) in [5.41, 5.74) is 9.82. The van der Waals surface area contributed by atoms with Crippen molar-refractivity contribution in [2.45, 2.75) is 0 Å². The molecule has 2 aromatic carbocycles. The normalized spacial score (nSPS) is 12.2. The zero-order chi connectivity index (χ0) is 13.6. The number of hydrogen-bond acceptors (Lipinski definition) is 3.